The molecule has 2 aromatic rings. The van der Waals surface area contributed by atoms with Crippen LogP contribution in [0.25, 0.3) is 0 Å². The molecule has 0 unspecified atom stereocenters. The second-order valence-electron chi connectivity index (χ2n) is 3.09. The fourth-order valence-corrected chi connectivity index (χ4v) is 2.42. The van der Waals surface area contributed by atoms with Crippen LogP contribution in [0, 0.1) is 6.92 Å². The van der Waals surface area contributed by atoms with Gasteiger partial charge in [-0.2, -0.15) is 0 Å². The van der Waals surface area contributed by atoms with Gasteiger partial charge in [-0.15, -0.1) is 10.2 Å². The van der Waals surface area contributed by atoms with E-state index in [1.807, 2.05) is 0 Å². The molecule has 0 aliphatic carbocycles. The van der Waals surface area contributed by atoms with E-state index >= 15 is 0 Å². The molecule has 9 heteroatoms. The number of carbonyl (C=O) groups excluding carboxylic acids is 1. The van der Waals surface area contributed by atoms with E-state index < -0.39 is 0 Å². The van der Waals surface area contributed by atoms with E-state index in [9.17, 15) is 4.79 Å². The van der Waals surface area contributed by atoms with Crippen molar-refractivity contribution in [2.24, 2.45) is 0 Å². The first-order valence-electron chi connectivity index (χ1n) is 4.58. The van der Waals surface area contributed by atoms with Gasteiger partial charge < -0.3 is 15.6 Å². The summed E-state index contributed by atoms with van der Waals surface area (Å²) in [5, 5.41) is 14.1. The van der Waals surface area contributed by atoms with E-state index in [0.717, 1.165) is 5.56 Å². The molecule has 7 nitrogen and oxygen atoms in total. The summed E-state index contributed by atoms with van der Waals surface area (Å²) in [7, 11) is 0. The molecule has 0 aliphatic heterocycles. The average Bonchev–Trinajstić information content (AvgIpc) is 2.86. The Morgan fingerprint density at radius 3 is 3.06 bits per heavy atom. The van der Waals surface area contributed by atoms with Crippen molar-refractivity contribution in [3.05, 3.63) is 11.8 Å². The Kier molecular flexibility index (Phi) is 3.59. The molecule has 17 heavy (non-hydrogen) atoms. The highest BCUT2D eigenvalue weighted by Gasteiger charge is 2.10. The molecule has 0 bridgehead atoms. The molecule has 0 aromatic carbocycles. The molecule has 2 aromatic heterocycles. The number of thioether (sulfide) groups is 1. The quantitative estimate of drug-likeness (QED) is 0.803. The highest BCUT2D eigenvalue weighted by atomic mass is 32.2. The molecule has 0 spiro atoms. The molecule has 2 heterocycles. The fraction of sp³-hybridized carbons (Fsp3) is 0.250. The number of nitrogens with two attached hydrogens (primary N) is 1. The van der Waals surface area contributed by atoms with E-state index in [-0.39, 0.29) is 11.7 Å². The van der Waals surface area contributed by atoms with Crippen molar-refractivity contribution in [2.75, 3.05) is 16.8 Å². The van der Waals surface area contributed by atoms with Gasteiger partial charge in [-0.3, -0.25) is 4.79 Å². The third kappa shape index (κ3) is 3.17. The number of nitrogen functional groups attached to an aromatic ring is 1. The van der Waals surface area contributed by atoms with Crippen LogP contribution < -0.4 is 11.1 Å². The van der Waals surface area contributed by atoms with Gasteiger partial charge in [0.25, 0.3) is 0 Å². The zero-order chi connectivity index (χ0) is 12.3. The van der Waals surface area contributed by atoms with Crippen molar-refractivity contribution >= 4 is 40.0 Å². The topological polar surface area (TPSA) is 107 Å². The minimum atomic E-state index is -0.180. The predicted molar refractivity (Wildman–Crippen MR) is 64.9 cm³/mol. The minimum Gasteiger partial charge on any atom is -0.374 e. The van der Waals surface area contributed by atoms with E-state index in [4.69, 9.17) is 10.3 Å². The van der Waals surface area contributed by atoms with Crippen LogP contribution in [0.1, 0.15) is 5.56 Å². The number of amides is 1. The minimum absolute atomic E-state index is 0.180. The van der Waals surface area contributed by atoms with Gasteiger partial charge in [-0.05, 0) is 6.92 Å². The summed E-state index contributed by atoms with van der Waals surface area (Å²) >= 11 is 2.52. The average molecular weight is 271 g/mol. The van der Waals surface area contributed by atoms with Crippen molar-refractivity contribution in [2.45, 2.75) is 11.3 Å². The van der Waals surface area contributed by atoms with Gasteiger partial charge in [0.1, 0.15) is 6.26 Å². The molecular weight excluding hydrogens is 262 g/mol. The normalized spacial score (nSPS) is 10.4. The summed E-state index contributed by atoms with van der Waals surface area (Å²) in [5.41, 5.74) is 6.20. The maximum atomic E-state index is 11.6. The number of rotatable bonds is 4. The highest BCUT2D eigenvalue weighted by molar-refractivity contribution is 8.01. The van der Waals surface area contributed by atoms with Gasteiger partial charge in [0, 0.05) is 5.56 Å². The van der Waals surface area contributed by atoms with Crippen LogP contribution in [0.3, 0.4) is 0 Å². The highest BCUT2D eigenvalue weighted by Crippen LogP contribution is 2.23. The fourth-order valence-electron chi connectivity index (χ4n) is 0.981. The van der Waals surface area contributed by atoms with E-state index in [1.165, 1.54) is 29.4 Å². The first kappa shape index (κ1) is 11.9. The number of nitrogens with one attached hydrogen (secondary N) is 1. The number of aromatic nitrogens is 3. The van der Waals surface area contributed by atoms with Crippen LogP contribution in [0.4, 0.5) is 10.9 Å². The van der Waals surface area contributed by atoms with E-state index in [1.54, 1.807) is 6.92 Å². The molecule has 1 amide bonds. The van der Waals surface area contributed by atoms with Crippen LogP contribution >= 0.6 is 23.1 Å². The maximum Gasteiger partial charge on any atom is 0.236 e. The third-order valence-electron chi connectivity index (χ3n) is 1.75. The lowest BCUT2D eigenvalue weighted by molar-refractivity contribution is -0.113. The zero-order valence-electron chi connectivity index (χ0n) is 8.84. The number of hydrogen-bond acceptors (Lipinski definition) is 8. The first-order valence-corrected chi connectivity index (χ1v) is 6.38. The molecule has 0 saturated carbocycles. The summed E-state index contributed by atoms with van der Waals surface area (Å²) in [6.07, 6.45) is 1.47. The van der Waals surface area contributed by atoms with Gasteiger partial charge in [0.05, 0.1) is 5.75 Å². The Bertz CT molecular complexity index is 523. The molecular formula is C8H9N5O2S2. The van der Waals surface area contributed by atoms with Crippen LogP contribution in [-0.4, -0.2) is 27.0 Å². The number of hydrogen-bond donors (Lipinski definition) is 2. The number of nitrogens with zero attached hydrogens (tertiary/aromatic N) is 3. The number of carbonyl (C=O) groups is 1. The number of anilines is 2. The van der Waals surface area contributed by atoms with Crippen molar-refractivity contribution in [1.82, 2.24) is 15.4 Å². The second kappa shape index (κ2) is 5.15. The number of aryl methyl sites for hydroxylation is 1. The zero-order valence-corrected chi connectivity index (χ0v) is 10.5. The monoisotopic (exact) mass is 271 g/mol. The summed E-state index contributed by atoms with van der Waals surface area (Å²) in [4.78, 5) is 11.6. The molecule has 0 fully saturated rings. The van der Waals surface area contributed by atoms with Crippen LogP contribution in [0.5, 0.6) is 0 Å². The Balaban J connectivity index is 1.84. The first-order chi connectivity index (χ1) is 8.15. The Labute approximate surface area is 105 Å². The summed E-state index contributed by atoms with van der Waals surface area (Å²) in [6.45, 7) is 1.80. The van der Waals surface area contributed by atoms with Crippen molar-refractivity contribution < 1.29 is 9.32 Å². The van der Waals surface area contributed by atoms with E-state index in [0.29, 0.717) is 15.3 Å². The Hall–Kier alpha value is -1.61. The van der Waals surface area contributed by atoms with Gasteiger partial charge in [0.2, 0.25) is 11.0 Å². The Morgan fingerprint density at radius 2 is 2.47 bits per heavy atom. The summed E-state index contributed by atoms with van der Waals surface area (Å²) in [5.74, 6) is 0.481. The molecule has 3 N–H and O–H groups in total. The standard InChI is InChI=1S/C8H9N5O2S2/c1-4-2-15-13-6(4)10-5(14)3-16-8-12-11-7(9)17-8/h2H,3H2,1H3,(H2,9,11)(H,10,13,14). The summed E-state index contributed by atoms with van der Waals surface area (Å²) < 4.78 is 5.37. The SMILES string of the molecule is Cc1conc1NC(=O)CSc1nnc(N)s1. The predicted octanol–water partition coefficient (Wildman–Crippen LogP) is 1.15. The largest absolute Gasteiger partial charge is 0.374 e. The lowest BCUT2D eigenvalue weighted by atomic mass is 10.4. The lowest BCUT2D eigenvalue weighted by Crippen LogP contribution is -2.14. The van der Waals surface area contributed by atoms with Gasteiger partial charge in [0.15, 0.2) is 10.2 Å². The van der Waals surface area contributed by atoms with Crippen LogP contribution in [0.2, 0.25) is 0 Å². The lowest BCUT2D eigenvalue weighted by Gasteiger charge is -1.99. The van der Waals surface area contributed by atoms with E-state index in [2.05, 4.69) is 20.7 Å². The van der Waals surface area contributed by atoms with Gasteiger partial charge >= 0.3 is 0 Å². The molecule has 0 radical (unpaired) electrons. The summed E-state index contributed by atoms with van der Waals surface area (Å²) in [6, 6.07) is 0. The van der Waals surface area contributed by atoms with Gasteiger partial charge in [-0.25, -0.2) is 0 Å². The maximum absolute atomic E-state index is 11.6. The molecule has 0 atom stereocenters. The second-order valence-corrected chi connectivity index (χ2v) is 5.32. The Morgan fingerprint density at radius 1 is 1.65 bits per heavy atom. The molecule has 2 rings (SSSR count). The molecule has 90 valence electrons. The molecule has 0 aliphatic rings. The van der Waals surface area contributed by atoms with Crippen molar-refractivity contribution in [3.63, 3.8) is 0 Å². The van der Waals surface area contributed by atoms with Crippen molar-refractivity contribution in [1.29, 1.82) is 0 Å². The van der Waals surface area contributed by atoms with Gasteiger partial charge in [-0.1, -0.05) is 28.3 Å². The van der Waals surface area contributed by atoms with Crippen LogP contribution in [0.15, 0.2) is 15.1 Å². The molecule has 0 saturated heterocycles. The van der Waals surface area contributed by atoms with Crippen molar-refractivity contribution in [3.8, 4) is 0 Å². The smallest absolute Gasteiger partial charge is 0.236 e. The third-order valence-corrected chi connectivity index (χ3v) is 3.64. The van der Waals surface area contributed by atoms with Crippen LogP contribution in [-0.2, 0) is 4.79 Å².